The molecule has 0 N–H and O–H groups in total. The summed E-state index contributed by atoms with van der Waals surface area (Å²) < 4.78 is 8.58. The van der Waals surface area contributed by atoms with Gasteiger partial charge in [-0.05, 0) is 167 Å². The fourth-order valence-electron chi connectivity index (χ4n) is 11.5. The lowest BCUT2D eigenvalue weighted by molar-refractivity contribution is 0.975. The van der Waals surface area contributed by atoms with E-state index < -0.39 is 0 Å². The molecule has 11 aromatic heterocycles. The van der Waals surface area contributed by atoms with Crippen molar-refractivity contribution in [2.45, 2.75) is 27.7 Å². The van der Waals surface area contributed by atoms with Gasteiger partial charge in [-0.15, -0.1) is 0 Å². The van der Waals surface area contributed by atoms with Crippen LogP contribution in [0.25, 0.3) is 122 Å². The monoisotopic (exact) mass is 1110 g/mol. The third-order valence-corrected chi connectivity index (χ3v) is 15.4. The van der Waals surface area contributed by atoms with Gasteiger partial charge in [-0.2, -0.15) is 0 Å². The van der Waals surface area contributed by atoms with Gasteiger partial charge in [0.05, 0.1) is 49.8 Å². The molecule has 17 aromatic rings. The highest BCUT2D eigenvalue weighted by Gasteiger charge is 2.18. The van der Waals surface area contributed by atoms with E-state index in [0.717, 1.165) is 89.3 Å². The Morgan fingerprint density at radius 2 is 0.698 bits per heavy atom. The fraction of sp³-hybridized carbons (Fsp3) is 0.0541. The third kappa shape index (κ3) is 9.80. The van der Waals surface area contributed by atoms with Crippen LogP contribution < -0.4 is 0 Å². The van der Waals surface area contributed by atoms with Gasteiger partial charge in [0.1, 0.15) is 22.9 Å². The van der Waals surface area contributed by atoms with Crippen LogP contribution in [-0.2, 0) is 0 Å². The molecule has 0 aliphatic heterocycles. The molecule has 86 heavy (non-hydrogen) atoms. The molecule has 0 aliphatic rings. The van der Waals surface area contributed by atoms with E-state index in [1.807, 2.05) is 114 Å². The number of hydrogen-bond acceptors (Lipinski definition) is 8. The van der Waals surface area contributed by atoms with Crippen LogP contribution in [0.1, 0.15) is 22.3 Å². The molecule has 0 bridgehead atoms. The van der Waals surface area contributed by atoms with E-state index >= 15 is 0 Å². The molecule has 0 fully saturated rings. The van der Waals surface area contributed by atoms with E-state index in [9.17, 15) is 0 Å². The molecule has 0 saturated carbocycles. The second kappa shape index (κ2) is 22.7. The van der Waals surface area contributed by atoms with Crippen molar-refractivity contribution in [3.63, 3.8) is 0 Å². The van der Waals surface area contributed by atoms with Crippen molar-refractivity contribution >= 4 is 87.7 Å². The normalized spacial score (nSPS) is 11.3. The SMILES string of the molecule is Cc1ccc2c(c1)c1cccnc1n2-c1ccccc1.Cc1ccc2c(c1)c1cccnc1n2-c1ncccn1.Cc1ccc2c(c1)c1nc(-c3ccccc3)ccc1n2-c1ccccn1.Cc1ccc2c(c1)c1ncccc1n2-c1ccccn1. The van der Waals surface area contributed by atoms with E-state index in [4.69, 9.17) is 4.98 Å². The summed E-state index contributed by atoms with van der Waals surface area (Å²) >= 11 is 0. The number of para-hydroxylation sites is 1. The summed E-state index contributed by atoms with van der Waals surface area (Å²) in [5, 5.41) is 7.10. The molecule has 412 valence electrons. The number of aromatic nitrogens is 12. The molecule has 0 amide bonds. The van der Waals surface area contributed by atoms with Crippen molar-refractivity contribution in [2.24, 2.45) is 0 Å². The Kier molecular flexibility index (Phi) is 13.9. The number of aryl methyl sites for hydroxylation is 4. The minimum absolute atomic E-state index is 0.648. The number of nitrogens with zero attached hydrogens (tertiary/aromatic N) is 12. The van der Waals surface area contributed by atoms with Gasteiger partial charge in [-0.1, -0.05) is 107 Å². The van der Waals surface area contributed by atoms with Gasteiger partial charge in [-0.3, -0.25) is 23.3 Å². The van der Waals surface area contributed by atoms with Crippen molar-refractivity contribution in [1.29, 1.82) is 0 Å². The van der Waals surface area contributed by atoms with Crippen molar-refractivity contribution in [3.8, 4) is 34.5 Å². The molecule has 0 unspecified atom stereocenters. The topological polar surface area (TPSA) is 123 Å². The first-order chi connectivity index (χ1) is 42.3. The van der Waals surface area contributed by atoms with Crippen molar-refractivity contribution < 1.29 is 0 Å². The van der Waals surface area contributed by atoms with Gasteiger partial charge in [0.15, 0.2) is 0 Å². The lowest BCUT2D eigenvalue weighted by atomic mass is 10.1. The Morgan fingerprint density at radius 3 is 1.26 bits per heavy atom. The second-order valence-corrected chi connectivity index (χ2v) is 21.2. The highest BCUT2D eigenvalue weighted by molar-refractivity contribution is 6.10. The molecule has 12 heteroatoms. The zero-order chi connectivity index (χ0) is 58.1. The van der Waals surface area contributed by atoms with Crippen LogP contribution in [0.3, 0.4) is 0 Å². The molecule has 0 atom stereocenters. The van der Waals surface area contributed by atoms with Gasteiger partial charge in [0, 0.05) is 86.9 Å². The van der Waals surface area contributed by atoms with Crippen molar-refractivity contribution in [2.75, 3.05) is 0 Å². The van der Waals surface area contributed by atoms with Crippen LogP contribution in [0.5, 0.6) is 0 Å². The summed E-state index contributed by atoms with van der Waals surface area (Å²) in [5.74, 6) is 2.48. The predicted octanol–water partition coefficient (Wildman–Crippen LogP) is 17.2. The number of hydrogen-bond donors (Lipinski definition) is 0. The zero-order valence-electron chi connectivity index (χ0n) is 47.8. The lowest BCUT2D eigenvalue weighted by Crippen LogP contribution is -2.00. The van der Waals surface area contributed by atoms with E-state index in [0.29, 0.717) is 5.95 Å². The molecule has 0 spiro atoms. The van der Waals surface area contributed by atoms with Crippen molar-refractivity contribution in [3.05, 3.63) is 290 Å². The van der Waals surface area contributed by atoms with Crippen molar-refractivity contribution in [1.82, 2.24) is 58.1 Å². The summed E-state index contributed by atoms with van der Waals surface area (Å²) in [6, 6.07) is 76.8. The summed E-state index contributed by atoms with van der Waals surface area (Å²) in [6.07, 6.45) is 12.6. The van der Waals surface area contributed by atoms with E-state index in [1.165, 1.54) is 49.3 Å². The van der Waals surface area contributed by atoms with Crippen LogP contribution in [0.15, 0.2) is 268 Å². The maximum atomic E-state index is 5.01. The van der Waals surface area contributed by atoms with Gasteiger partial charge in [0.2, 0.25) is 5.95 Å². The maximum absolute atomic E-state index is 5.01. The first-order valence-electron chi connectivity index (χ1n) is 28.5. The average molecular weight is 1110 g/mol. The number of pyridine rings is 6. The summed E-state index contributed by atoms with van der Waals surface area (Å²) in [6.45, 7) is 8.44. The number of benzene rings is 6. The summed E-state index contributed by atoms with van der Waals surface area (Å²) in [7, 11) is 0. The average Bonchev–Trinajstić information content (AvgIpc) is 2.07. The van der Waals surface area contributed by atoms with Crippen LogP contribution in [-0.4, -0.2) is 58.1 Å². The quantitative estimate of drug-likeness (QED) is 0.167. The Hall–Kier alpha value is -11.5. The fourth-order valence-corrected chi connectivity index (χ4v) is 11.5. The third-order valence-electron chi connectivity index (χ3n) is 15.4. The molecule has 0 radical (unpaired) electrons. The van der Waals surface area contributed by atoms with E-state index in [-0.39, 0.29) is 0 Å². The van der Waals surface area contributed by atoms with Crippen LogP contribution in [0, 0.1) is 27.7 Å². The lowest BCUT2D eigenvalue weighted by Gasteiger charge is -2.06. The number of rotatable bonds is 5. The Morgan fingerprint density at radius 1 is 0.267 bits per heavy atom. The van der Waals surface area contributed by atoms with E-state index in [2.05, 4.69) is 216 Å². The van der Waals surface area contributed by atoms with Gasteiger partial charge < -0.3 is 0 Å². The van der Waals surface area contributed by atoms with Crippen LogP contribution in [0.4, 0.5) is 0 Å². The summed E-state index contributed by atoms with van der Waals surface area (Å²) in [5.41, 5.74) is 18.9. The number of fused-ring (bicyclic) bond motifs is 12. The molecule has 12 nitrogen and oxygen atoms in total. The second-order valence-electron chi connectivity index (χ2n) is 21.2. The standard InChI is InChI=1S/C23H17N3.C18H14N2.C17H13N3.C16H12N4/c1-16-10-12-20-18(15-16)23-21(26(20)22-9-5-6-14-24-22)13-11-19(25-23)17-7-3-2-4-8-17;1-13-9-10-17-16(12-13)15-8-5-11-19-18(15)20(17)14-6-3-2-4-7-14;1-12-7-8-14-13(11-12)17-15(5-4-10-19-17)20(14)16-6-2-3-9-18-16;1-11-5-6-14-13(10-11)12-4-2-7-17-15(12)20(14)16-18-8-3-9-19-16/h2-15H,1H3;2-12H,1H3;2-11H,1H3;2-10H,1H3. The minimum atomic E-state index is 0.648. The Balaban J connectivity index is 0.000000102. The Labute approximate surface area is 495 Å². The minimum Gasteiger partial charge on any atom is -0.294 e. The molecule has 17 rings (SSSR count). The largest absolute Gasteiger partial charge is 0.294 e. The molecular weight excluding hydrogens is 1060 g/mol. The zero-order valence-corrected chi connectivity index (χ0v) is 47.8. The van der Waals surface area contributed by atoms with Crippen LogP contribution in [0.2, 0.25) is 0 Å². The predicted molar refractivity (Wildman–Crippen MR) is 350 cm³/mol. The maximum Gasteiger partial charge on any atom is 0.235 e. The molecule has 11 heterocycles. The first kappa shape index (κ1) is 52.6. The molecule has 6 aromatic carbocycles. The Bertz CT molecular complexity index is 4900. The highest BCUT2D eigenvalue weighted by atomic mass is 15.2. The molecule has 0 aliphatic carbocycles. The van der Waals surface area contributed by atoms with Gasteiger partial charge in [-0.25, -0.2) is 34.9 Å². The van der Waals surface area contributed by atoms with E-state index in [1.54, 1.807) is 18.6 Å². The summed E-state index contributed by atoms with van der Waals surface area (Å²) in [4.78, 5) is 36.4. The molecule has 0 saturated heterocycles. The molecular formula is C74H56N12. The highest BCUT2D eigenvalue weighted by Crippen LogP contribution is 2.36. The first-order valence-corrected chi connectivity index (χ1v) is 28.5. The van der Waals surface area contributed by atoms with Crippen LogP contribution >= 0.6 is 0 Å². The van der Waals surface area contributed by atoms with Gasteiger partial charge >= 0.3 is 0 Å². The van der Waals surface area contributed by atoms with Gasteiger partial charge in [0.25, 0.3) is 0 Å². The smallest absolute Gasteiger partial charge is 0.235 e.